The average Bonchev–Trinajstić information content (AvgIpc) is 2.59. The first-order chi connectivity index (χ1) is 11.3. The van der Waals surface area contributed by atoms with Gasteiger partial charge in [0.2, 0.25) is 5.91 Å². The first-order valence-electron chi connectivity index (χ1n) is 8.30. The number of aryl methyl sites for hydroxylation is 1. The van der Waals surface area contributed by atoms with Crippen LogP contribution in [0.1, 0.15) is 49.3 Å². The summed E-state index contributed by atoms with van der Waals surface area (Å²) in [5.74, 6) is 0.113. The molecule has 1 N–H and O–H groups in total. The third-order valence-corrected chi connectivity index (χ3v) is 4.20. The molecule has 0 aliphatic carbocycles. The van der Waals surface area contributed by atoms with E-state index in [4.69, 9.17) is 0 Å². The minimum absolute atomic E-state index is 0.113. The number of hydrogen-bond donors (Lipinski definition) is 1. The van der Waals surface area contributed by atoms with E-state index >= 15 is 0 Å². The van der Waals surface area contributed by atoms with Gasteiger partial charge in [0.15, 0.2) is 0 Å². The van der Waals surface area contributed by atoms with Crippen LogP contribution in [0.25, 0.3) is 11.6 Å². The van der Waals surface area contributed by atoms with Gasteiger partial charge < -0.3 is 5.32 Å². The van der Waals surface area contributed by atoms with E-state index in [0.29, 0.717) is 6.42 Å². The molecule has 23 heavy (non-hydrogen) atoms. The molecule has 1 aromatic carbocycles. The Labute approximate surface area is 137 Å². The first kappa shape index (κ1) is 15.5. The summed E-state index contributed by atoms with van der Waals surface area (Å²) in [5, 5.41) is 2.95. The number of carbonyl (C=O) groups excluding carboxylic acids is 1. The van der Waals surface area contributed by atoms with Crippen LogP contribution >= 0.6 is 0 Å². The number of amides is 1. The number of hydrogen-bond acceptors (Lipinski definition) is 2. The smallest absolute Gasteiger partial charge is 0.224 e. The average molecular weight is 306 g/mol. The molecule has 0 spiro atoms. The molecule has 3 heteroatoms. The molecular weight excluding hydrogens is 284 g/mol. The van der Waals surface area contributed by atoms with Gasteiger partial charge in [0.25, 0.3) is 0 Å². The van der Waals surface area contributed by atoms with E-state index in [0.717, 1.165) is 24.1 Å². The molecule has 2 aromatic rings. The summed E-state index contributed by atoms with van der Waals surface area (Å²) in [5.41, 5.74) is 5.90. The Balaban J connectivity index is 1.94. The Morgan fingerprint density at radius 3 is 3.00 bits per heavy atom. The molecule has 1 aliphatic heterocycles. The van der Waals surface area contributed by atoms with Gasteiger partial charge in [-0.15, -0.1) is 0 Å². The van der Waals surface area contributed by atoms with Gasteiger partial charge in [-0.05, 0) is 65.8 Å². The maximum Gasteiger partial charge on any atom is 0.224 e. The van der Waals surface area contributed by atoms with Crippen LogP contribution in [0.15, 0.2) is 42.7 Å². The molecule has 0 fully saturated rings. The van der Waals surface area contributed by atoms with Crippen LogP contribution in [0.4, 0.5) is 5.69 Å². The van der Waals surface area contributed by atoms with Gasteiger partial charge in [0.05, 0.1) is 0 Å². The van der Waals surface area contributed by atoms with Crippen molar-refractivity contribution in [2.75, 3.05) is 5.32 Å². The third-order valence-electron chi connectivity index (χ3n) is 4.20. The molecule has 0 saturated heterocycles. The minimum atomic E-state index is 0.113. The molecule has 0 unspecified atom stereocenters. The summed E-state index contributed by atoms with van der Waals surface area (Å²) in [6.45, 7) is 2.21. The van der Waals surface area contributed by atoms with Crippen LogP contribution < -0.4 is 5.32 Å². The Bertz CT molecular complexity index is 720. The number of unbranched alkanes of at least 4 members (excludes halogenated alkanes) is 1. The highest BCUT2D eigenvalue weighted by Crippen LogP contribution is 2.30. The summed E-state index contributed by atoms with van der Waals surface area (Å²) >= 11 is 0. The molecule has 1 aliphatic rings. The molecule has 3 nitrogen and oxygen atoms in total. The highest BCUT2D eigenvalue weighted by molar-refractivity contribution is 5.94. The second-order valence-electron chi connectivity index (χ2n) is 5.98. The van der Waals surface area contributed by atoms with E-state index in [1.54, 1.807) is 6.20 Å². The molecule has 1 aromatic heterocycles. The monoisotopic (exact) mass is 306 g/mol. The highest BCUT2D eigenvalue weighted by atomic mass is 16.1. The van der Waals surface area contributed by atoms with Gasteiger partial charge in [0.1, 0.15) is 0 Å². The van der Waals surface area contributed by atoms with E-state index in [2.05, 4.69) is 41.5 Å². The summed E-state index contributed by atoms with van der Waals surface area (Å²) in [6, 6.07) is 10.4. The van der Waals surface area contributed by atoms with Crippen LogP contribution in [-0.2, 0) is 11.2 Å². The summed E-state index contributed by atoms with van der Waals surface area (Å²) in [4.78, 5) is 15.7. The number of nitrogens with zero attached hydrogens (tertiary/aromatic N) is 1. The van der Waals surface area contributed by atoms with Gasteiger partial charge in [-0.2, -0.15) is 0 Å². The second-order valence-corrected chi connectivity index (χ2v) is 5.98. The van der Waals surface area contributed by atoms with Crippen molar-refractivity contribution < 1.29 is 4.79 Å². The Morgan fingerprint density at radius 1 is 1.30 bits per heavy atom. The predicted octanol–water partition coefficient (Wildman–Crippen LogP) is 4.70. The van der Waals surface area contributed by atoms with Crippen LogP contribution in [0.2, 0.25) is 0 Å². The lowest BCUT2D eigenvalue weighted by atomic mass is 9.93. The third kappa shape index (κ3) is 3.86. The number of aromatic nitrogens is 1. The molecule has 0 radical (unpaired) electrons. The molecule has 0 atom stereocenters. The van der Waals surface area contributed by atoms with E-state index in [1.807, 2.05) is 18.3 Å². The van der Waals surface area contributed by atoms with Crippen molar-refractivity contribution in [1.29, 1.82) is 0 Å². The summed E-state index contributed by atoms with van der Waals surface area (Å²) in [7, 11) is 0. The van der Waals surface area contributed by atoms with Gasteiger partial charge in [0, 0.05) is 24.5 Å². The number of pyridine rings is 1. The maximum absolute atomic E-state index is 11.5. The molecular formula is C20H22N2O. The lowest BCUT2D eigenvalue weighted by Gasteiger charge is -2.18. The van der Waals surface area contributed by atoms with Gasteiger partial charge in [-0.25, -0.2) is 0 Å². The molecule has 118 valence electrons. The maximum atomic E-state index is 11.5. The standard InChI is InChI=1S/C20H22N2O/c1-2-3-6-16(12-15-5-4-11-21-14-15)17-7-9-19-18(13-17)8-10-20(23)22-19/h4-5,7,9,11-14H,2-3,6,8,10H2,1H3,(H,22,23)/b16-12-. The van der Waals surface area contributed by atoms with Crippen molar-refractivity contribution >= 4 is 23.2 Å². The number of nitrogens with one attached hydrogen (secondary N) is 1. The lowest BCUT2D eigenvalue weighted by molar-refractivity contribution is -0.116. The summed E-state index contributed by atoms with van der Waals surface area (Å²) in [6.07, 6.45) is 10.7. The zero-order valence-corrected chi connectivity index (χ0v) is 13.5. The number of carbonyl (C=O) groups is 1. The Hall–Kier alpha value is -2.42. The van der Waals surface area contributed by atoms with E-state index in [1.165, 1.54) is 29.5 Å². The molecule has 2 heterocycles. The normalized spacial score (nSPS) is 14.3. The molecule has 0 bridgehead atoms. The number of anilines is 1. The summed E-state index contributed by atoms with van der Waals surface area (Å²) < 4.78 is 0. The van der Waals surface area contributed by atoms with Crippen LogP contribution in [0, 0.1) is 0 Å². The number of benzene rings is 1. The molecule has 0 saturated carbocycles. The van der Waals surface area contributed by atoms with Crippen LogP contribution in [-0.4, -0.2) is 10.9 Å². The van der Waals surface area contributed by atoms with Crippen molar-refractivity contribution in [3.05, 3.63) is 59.4 Å². The van der Waals surface area contributed by atoms with E-state index in [-0.39, 0.29) is 5.91 Å². The zero-order chi connectivity index (χ0) is 16.1. The van der Waals surface area contributed by atoms with Gasteiger partial charge in [-0.3, -0.25) is 9.78 Å². The SMILES string of the molecule is CCCC/C(=C/c1cccnc1)c1ccc2c(c1)CCC(=O)N2. The van der Waals surface area contributed by atoms with Crippen molar-refractivity contribution in [2.24, 2.45) is 0 Å². The van der Waals surface area contributed by atoms with Crippen molar-refractivity contribution in [1.82, 2.24) is 4.98 Å². The van der Waals surface area contributed by atoms with Crippen molar-refractivity contribution in [3.63, 3.8) is 0 Å². The van der Waals surface area contributed by atoms with Gasteiger partial charge in [-0.1, -0.05) is 25.5 Å². The number of fused-ring (bicyclic) bond motifs is 1. The predicted molar refractivity (Wildman–Crippen MR) is 95.0 cm³/mol. The van der Waals surface area contributed by atoms with Crippen LogP contribution in [0.5, 0.6) is 0 Å². The first-order valence-corrected chi connectivity index (χ1v) is 8.30. The Morgan fingerprint density at radius 2 is 2.22 bits per heavy atom. The number of rotatable bonds is 5. The Kier molecular flexibility index (Phi) is 4.86. The highest BCUT2D eigenvalue weighted by Gasteiger charge is 2.15. The van der Waals surface area contributed by atoms with E-state index < -0.39 is 0 Å². The quantitative estimate of drug-likeness (QED) is 0.870. The fraction of sp³-hybridized carbons (Fsp3) is 0.300. The minimum Gasteiger partial charge on any atom is -0.326 e. The van der Waals surface area contributed by atoms with Crippen LogP contribution in [0.3, 0.4) is 0 Å². The topological polar surface area (TPSA) is 42.0 Å². The second kappa shape index (κ2) is 7.23. The fourth-order valence-corrected chi connectivity index (χ4v) is 2.91. The van der Waals surface area contributed by atoms with Gasteiger partial charge >= 0.3 is 0 Å². The van der Waals surface area contributed by atoms with Crippen molar-refractivity contribution in [2.45, 2.75) is 39.0 Å². The molecule has 3 rings (SSSR count). The fourth-order valence-electron chi connectivity index (χ4n) is 2.91. The largest absolute Gasteiger partial charge is 0.326 e. The number of allylic oxidation sites excluding steroid dienone is 1. The zero-order valence-electron chi connectivity index (χ0n) is 13.5. The lowest BCUT2D eigenvalue weighted by Crippen LogP contribution is -2.18. The molecule has 1 amide bonds. The van der Waals surface area contributed by atoms with E-state index in [9.17, 15) is 4.79 Å². The van der Waals surface area contributed by atoms with Crippen molar-refractivity contribution in [3.8, 4) is 0 Å².